The average molecular weight is 489 g/mol. The molecule has 3 aromatic carbocycles. The Labute approximate surface area is 212 Å². The number of thioether (sulfide) groups is 1. The minimum absolute atomic E-state index is 0.292. The standard InChI is InChI=1S/C11H12O2.C11H12OS.C8H8O/c2*1-2-9-3-5-10(6-4-9)12-7-11-8-13-11;1-2-7-3-5-8(9)6-4-7/h2*2-6,11H,1,7-8H2;2-6,9H,1H2. The van der Waals surface area contributed by atoms with Crippen molar-refractivity contribution in [2.24, 2.45) is 0 Å². The van der Waals surface area contributed by atoms with E-state index in [2.05, 4.69) is 19.7 Å². The number of rotatable bonds is 9. The van der Waals surface area contributed by atoms with Crippen molar-refractivity contribution in [3.8, 4) is 17.2 Å². The molecular formula is C30H32O4S. The summed E-state index contributed by atoms with van der Waals surface area (Å²) < 4.78 is 16.1. The Hall–Kier alpha value is -3.41. The number of phenols is 1. The van der Waals surface area contributed by atoms with Crippen LogP contribution in [0.5, 0.6) is 17.2 Å². The van der Waals surface area contributed by atoms with Gasteiger partial charge in [-0.3, -0.25) is 0 Å². The van der Waals surface area contributed by atoms with Gasteiger partial charge >= 0.3 is 0 Å². The fraction of sp³-hybridized carbons (Fsp3) is 0.200. The highest BCUT2D eigenvalue weighted by Crippen LogP contribution is 2.30. The number of phenolic OH excluding ortho intramolecular Hbond substituents is 1. The van der Waals surface area contributed by atoms with Crippen molar-refractivity contribution >= 4 is 30.0 Å². The van der Waals surface area contributed by atoms with Crippen molar-refractivity contribution in [2.45, 2.75) is 11.4 Å². The SMILES string of the molecule is C=Cc1ccc(O)cc1.C=Cc1ccc(OCC2CO2)cc1.C=Cc1ccc(OCC2CS2)cc1. The van der Waals surface area contributed by atoms with Crippen LogP contribution in [0.15, 0.2) is 92.5 Å². The van der Waals surface area contributed by atoms with Crippen LogP contribution in [-0.4, -0.2) is 42.0 Å². The minimum Gasteiger partial charge on any atom is -0.508 e. The van der Waals surface area contributed by atoms with E-state index in [1.54, 1.807) is 18.2 Å². The van der Waals surface area contributed by atoms with Gasteiger partial charge in [0.05, 0.1) is 6.61 Å². The van der Waals surface area contributed by atoms with Crippen LogP contribution < -0.4 is 9.47 Å². The summed E-state index contributed by atoms with van der Waals surface area (Å²) in [5, 5.41) is 9.55. The predicted octanol–water partition coefficient (Wildman–Crippen LogP) is 6.97. The van der Waals surface area contributed by atoms with Gasteiger partial charge in [-0.15, -0.1) is 0 Å². The maximum atomic E-state index is 8.82. The average Bonchev–Trinajstić information content (AvgIpc) is 3.84. The molecule has 182 valence electrons. The van der Waals surface area contributed by atoms with Gasteiger partial charge in [-0.05, 0) is 53.1 Å². The molecule has 2 aliphatic heterocycles. The van der Waals surface area contributed by atoms with Crippen LogP contribution >= 0.6 is 11.8 Å². The molecule has 0 amide bonds. The van der Waals surface area contributed by atoms with Crippen molar-refractivity contribution in [3.05, 3.63) is 109 Å². The predicted molar refractivity (Wildman–Crippen MR) is 148 cm³/mol. The van der Waals surface area contributed by atoms with Crippen LogP contribution in [0.1, 0.15) is 16.7 Å². The number of aromatic hydroxyl groups is 1. The second kappa shape index (κ2) is 14.1. The zero-order valence-electron chi connectivity index (χ0n) is 19.8. The van der Waals surface area contributed by atoms with E-state index in [1.807, 2.05) is 84.6 Å². The zero-order valence-corrected chi connectivity index (χ0v) is 20.7. The number of benzene rings is 3. The Balaban J connectivity index is 0.000000150. The molecule has 3 aromatic rings. The monoisotopic (exact) mass is 488 g/mol. The van der Waals surface area contributed by atoms with Crippen molar-refractivity contribution < 1.29 is 19.3 Å². The fourth-order valence-electron chi connectivity index (χ4n) is 2.72. The maximum Gasteiger partial charge on any atom is 0.119 e. The van der Waals surface area contributed by atoms with E-state index in [4.69, 9.17) is 19.3 Å². The van der Waals surface area contributed by atoms with Crippen LogP contribution in [0.4, 0.5) is 0 Å². The number of hydrogen-bond donors (Lipinski definition) is 1. The highest BCUT2D eigenvalue weighted by molar-refractivity contribution is 8.06. The molecule has 5 rings (SSSR count). The third-order valence-electron chi connectivity index (χ3n) is 5.04. The van der Waals surface area contributed by atoms with E-state index in [-0.39, 0.29) is 0 Å². The van der Waals surface area contributed by atoms with Crippen LogP contribution in [-0.2, 0) is 4.74 Å². The van der Waals surface area contributed by atoms with Gasteiger partial charge in [0.1, 0.15) is 36.6 Å². The van der Waals surface area contributed by atoms with E-state index in [0.29, 0.717) is 18.5 Å². The first-order valence-electron chi connectivity index (χ1n) is 11.4. The molecule has 2 aliphatic rings. The Morgan fingerprint density at radius 3 is 1.51 bits per heavy atom. The number of ether oxygens (including phenoxy) is 3. The van der Waals surface area contributed by atoms with Gasteiger partial charge in [-0.2, -0.15) is 11.8 Å². The molecule has 0 aromatic heterocycles. The van der Waals surface area contributed by atoms with Gasteiger partial charge in [0, 0.05) is 11.0 Å². The van der Waals surface area contributed by atoms with Gasteiger partial charge < -0.3 is 19.3 Å². The summed E-state index contributed by atoms with van der Waals surface area (Å²) in [4.78, 5) is 0. The molecule has 5 heteroatoms. The van der Waals surface area contributed by atoms with E-state index < -0.39 is 0 Å². The summed E-state index contributed by atoms with van der Waals surface area (Å²) in [5.41, 5.74) is 3.26. The Morgan fingerprint density at radius 1 is 0.743 bits per heavy atom. The van der Waals surface area contributed by atoms with Crippen molar-refractivity contribution in [2.75, 3.05) is 25.6 Å². The highest BCUT2D eigenvalue weighted by atomic mass is 32.2. The second-order valence-electron chi connectivity index (χ2n) is 7.87. The van der Waals surface area contributed by atoms with Crippen molar-refractivity contribution in [1.82, 2.24) is 0 Å². The first-order chi connectivity index (χ1) is 17.1. The molecule has 0 radical (unpaired) electrons. The highest BCUT2D eigenvalue weighted by Gasteiger charge is 2.23. The lowest BCUT2D eigenvalue weighted by Gasteiger charge is -2.03. The Morgan fingerprint density at radius 2 is 1.14 bits per heavy atom. The van der Waals surface area contributed by atoms with E-state index in [9.17, 15) is 0 Å². The normalized spacial score (nSPS) is 16.8. The molecule has 2 fully saturated rings. The molecule has 0 saturated carbocycles. The van der Waals surface area contributed by atoms with Crippen LogP contribution in [0.2, 0.25) is 0 Å². The Kier molecular flexibility index (Phi) is 10.6. The summed E-state index contributed by atoms with van der Waals surface area (Å²) in [5.74, 6) is 3.39. The van der Waals surface area contributed by atoms with Crippen LogP contribution in [0.25, 0.3) is 18.2 Å². The fourth-order valence-corrected chi connectivity index (χ4v) is 3.11. The molecular weight excluding hydrogens is 456 g/mol. The van der Waals surface area contributed by atoms with Gasteiger partial charge in [0.25, 0.3) is 0 Å². The van der Waals surface area contributed by atoms with Crippen LogP contribution in [0.3, 0.4) is 0 Å². The molecule has 0 aliphatic carbocycles. The van der Waals surface area contributed by atoms with Gasteiger partial charge in [-0.1, -0.05) is 74.4 Å². The zero-order chi connectivity index (χ0) is 24.9. The Bertz CT molecular complexity index is 988. The summed E-state index contributed by atoms with van der Waals surface area (Å²) in [7, 11) is 0. The molecule has 35 heavy (non-hydrogen) atoms. The molecule has 1 N–H and O–H groups in total. The molecule has 2 saturated heterocycles. The smallest absolute Gasteiger partial charge is 0.119 e. The summed E-state index contributed by atoms with van der Waals surface area (Å²) >= 11 is 1.95. The molecule has 0 bridgehead atoms. The third kappa shape index (κ3) is 10.6. The third-order valence-corrected chi connectivity index (χ3v) is 5.98. The van der Waals surface area contributed by atoms with E-state index >= 15 is 0 Å². The van der Waals surface area contributed by atoms with Gasteiger partial charge in [0.2, 0.25) is 0 Å². The van der Waals surface area contributed by atoms with E-state index in [1.165, 1.54) is 5.75 Å². The summed E-state index contributed by atoms with van der Waals surface area (Å²) in [6, 6.07) is 22.8. The lowest BCUT2D eigenvalue weighted by atomic mass is 10.2. The largest absolute Gasteiger partial charge is 0.508 e. The topological polar surface area (TPSA) is 51.2 Å². The second-order valence-corrected chi connectivity index (χ2v) is 9.21. The molecule has 2 atom stereocenters. The lowest BCUT2D eigenvalue weighted by Crippen LogP contribution is -2.03. The molecule has 2 heterocycles. The summed E-state index contributed by atoms with van der Waals surface area (Å²) in [6.45, 7) is 13.3. The number of hydrogen-bond acceptors (Lipinski definition) is 5. The van der Waals surface area contributed by atoms with Crippen molar-refractivity contribution in [1.29, 1.82) is 0 Å². The molecule has 4 nitrogen and oxygen atoms in total. The summed E-state index contributed by atoms with van der Waals surface area (Å²) in [6.07, 6.45) is 5.70. The molecule has 2 unspecified atom stereocenters. The minimum atomic E-state index is 0.292. The van der Waals surface area contributed by atoms with E-state index in [0.717, 1.165) is 46.7 Å². The van der Waals surface area contributed by atoms with Crippen molar-refractivity contribution in [3.63, 3.8) is 0 Å². The first-order valence-corrected chi connectivity index (χ1v) is 12.5. The van der Waals surface area contributed by atoms with Gasteiger partial charge in [-0.25, -0.2) is 0 Å². The lowest BCUT2D eigenvalue weighted by molar-refractivity contribution is 0.263. The first kappa shape index (κ1) is 26.2. The quantitative estimate of drug-likeness (QED) is 0.330. The number of epoxide rings is 1. The maximum absolute atomic E-state index is 8.82. The molecule has 0 spiro atoms. The van der Waals surface area contributed by atoms with Gasteiger partial charge in [0.15, 0.2) is 0 Å². The van der Waals surface area contributed by atoms with Crippen LogP contribution in [0, 0.1) is 0 Å².